The van der Waals surface area contributed by atoms with E-state index in [-0.39, 0.29) is 10.8 Å². The van der Waals surface area contributed by atoms with Gasteiger partial charge >= 0.3 is 0 Å². The highest BCUT2D eigenvalue weighted by molar-refractivity contribution is 7.89. The fourth-order valence-electron chi connectivity index (χ4n) is 3.81. The Hall–Kier alpha value is -3.23. The Bertz CT molecular complexity index is 1310. The van der Waals surface area contributed by atoms with E-state index >= 15 is 0 Å². The highest BCUT2D eigenvalue weighted by Crippen LogP contribution is 2.28. The average molecular weight is 452 g/mol. The van der Waals surface area contributed by atoms with E-state index in [2.05, 4.69) is 16.5 Å². The third-order valence-electron chi connectivity index (χ3n) is 5.54. The van der Waals surface area contributed by atoms with Gasteiger partial charge in [-0.15, -0.1) is 0 Å². The first-order chi connectivity index (χ1) is 15.3. The van der Waals surface area contributed by atoms with Gasteiger partial charge in [0.1, 0.15) is 11.4 Å². The average Bonchev–Trinajstić information content (AvgIpc) is 3.11. The van der Waals surface area contributed by atoms with Crippen LogP contribution in [0.2, 0.25) is 0 Å². The van der Waals surface area contributed by atoms with Crippen molar-refractivity contribution in [2.45, 2.75) is 38.6 Å². The van der Waals surface area contributed by atoms with Crippen LogP contribution in [-0.4, -0.2) is 30.3 Å². The van der Waals surface area contributed by atoms with Gasteiger partial charge in [-0.05, 0) is 54.7 Å². The number of benzene rings is 2. The fourth-order valence-corrected chi connectivity index (χ4v) is 5.49. The van der Waals surface area contributed by atoms with Gasteiger partial charge in [-0.25, -0.2) is 8.42 Å². The van der Waals surface area contributed by atoms with Crippen LogP contribution in [0.1, 0.15) is 40.6 Å². The summed E-state index contributed by atoms with van der Waals surface area (Å²) in [5.41, 5.74) is 4.70. The largest absolute Gasteiger partial charge is 0.354 e. The summed E-state index contributed by atoms with van der Waals surface area (Å²) in [6.07, 6.45) is 4.11. The second-order valence-electron chi connectivity index (χ2n) is 7.90. The van der Waals surface area contributed by atoms with Crippen molar-refractivity contribution in [3.05, 3.63) is 76.2 Å². The van der Waals surface area contributed by atoms with Gasteiger partial charge in [-0.2, -0.15) is 4.31 Å². The zero-order chi connectivity index (χ0) is 22.9. The van der Waals surface area contributed by atoms with E-state index in [9.17, 15) is 13.2 Å². The molecule has 0 fully saturated rings. The number of carbonyl (C=O) groups is 1. The quantitative estimate of drug-likeness (QED) is 0.629. The summed E-state index contributed by atoms with van der Waals surface area (Å²) in [7, 11) is -3.65. The minimum absolute atomic E-state index is 0.224. The van der Waals surface area contributed by atoms with Crippen molar-refractivity contribution in [2.75, 3.05) is 11.9 Å². The lowest BCUT2D eigenvalue weighted by Crippen LogP contribution is -2.36. The minimum atomic E-state index is -3.65. The maximum absolute atomic E-state index is 13.4. The van der Waals surface area contributed by atoms with Gasteiger partial charge < -0.3 is 9.84 Å². The molecule has 0 radical (unpaired) electrons. The Morgan fingerprint density at radius 2 is 1.88 bits per heavy atom. The summed E-state index contributed by atoms with van der Waals surface area (Å²) in [4.78, 5) is 11.7. The van der Waals surface area contributed by atoms with Crippen LogP contribution in [-0.2, 0) is 27.8 Å². The third-order valence-corrected chi connectivity index (χ3v) is 7.53. The van der Waals surface area contributed by atoms with Gasteiger partial charge in [-0.3, -0.25) is 4.79 Å². The van der Waals surface area contributed by atoms with Crippen LogP contribution in [0, 0.1) is 13.8 Å². The Morgan fingerprint density at radius 1 is 1.12 bits per heavy atom. The second kappa shape index (κ2) is 8.72. The molecule has 166 valence electrons. The summed E-state index contributed by atoms with van der Waals surface area (Å²) in [6, 6.07) is 13.3. The van der Waals surface area contributed by atoms with Crippen LogP contribution < -0.4 is 5.32 Å². The van der Waals surface area contributed by atoms with E-state index in [0.717, 1.165) is 5.56 Å². The molecule has 1 amide bonds. The first-order valence-corrected chi connectivity index (χ1v) is 11.8. The summed E-state index contributed by atoms with van der Waals surface area (Å²) in [6.45, 7) is 5.77. The Morgan fingerprint density at radius 3 is 2.62 bits per heavy atom. The van der Waals surface area contributed by atoms with Crippen molar-refractivity contribution in [2.24, 2.45) is 0 Å². The predicted molar refractivity (Wildman–Crippen MR) is 123 cm³/mol. The van der Waals surface area contributed by atoms with Crippen LogP contribution in [0.5, 0.6) is 0 Å². The SMILES string of the molecule is CC(=O)Nc1c(C)noc1/C=C\c1ccc(C)c(S(=O)(=O)N2CCc3ccccc3C2)c1. The topological polar surface area (TPSA) is 92.5 Å². The Labute approximate surface area is 187 Å². The molecule has 0 spiro atoms. The number of hydrogen-bond acceptors (Lipinski definition) is 5. The number of anilines is 1. The van der Waals surface area contributed by atoms with E-state index in [1.807, 2.05) is 24.3 Å². The zero-order valence-electron chi connectivity index (χ0n) is 18.3. The molecule has 7 nitrogen and oxygen atoms in total. The molecule has 0 atom stereocenters. The smallest absolute Gasteiger partial charge is 0.243 e. The number of nitrogens with zero attached hydrogens (tertiary/aromatic N) is 2. The molecule has 8 heteroatoms. The number of aryl methyl sites for hydroxylation is 2. The molecule has 3 aromatic rings. The van der Waals surface area contributed by atoms with Crippen LogP contribution in [0.25, 0.3) is 12.2 Å². The van der Waals surface area contributed by atoms with Gasteiger partial charge in [0.25, 0.3) is 0 Å². The molecular formula is C24H25N3O4S. The standard InChI is InChI=1S/C24H25N3O4S/c1-16-8-9-19(10-11-22-24(25-18(3)28)17(2)26-31-22)14-23(16)32(29,30)27-13-12-20-6-4-5-7-21(20)15-27/h4-11,14H,12-13,15H2,1-3H3,(H,25,28)/b11-10-. The Balaban J connectivity index is 1.62. The first kappa shape index (κ1) is 22.0. The van der Waals surface area contributed by atoms with Gasteiger partial charge in [-0.1, -0.05) is 47.6 Å². The Kier molecular flexibility index (Phi) is 5.99. The van der Waals surface area contributed by atoms with Crippen LogP contribution in [0.4, 0.5) is 5.69 Å². The lowest BCUT2D eigenvalue weighted by Gasteiger charge is -2.28. The first-order valence-electron chi connectivity index (χ1n) is 10.4. The number of carbonyl (C=O) groups excluding carboxylic acids is 1. The number of aromatic nitrogens is 1. The lowest BCUT2D eigenvalue weighted by molar-refractivity contribution is -0.114. The molecule has 1 aliphatic heterocycles. The normalized spacial score (nSPS) is 14.5. The van der Waals surface area contributed by atoms with Crippen LogP contribution in [0.3, 0.4) is 0 Å². The van der Waals surface area contributed by atoms with Gasteiger partial charge in [0.2, 0.25) is 15.9 Å². The minimum Gasteiger partial charge on any atom is -0.354 e. The van der Waals surface area contributed by atoms with E-state index in [1.165, 1.54) is 12.5 Å². The number of amides is 1. The summed E-state index contributed by atoms with van der Waals surface area (Å²) < 4.78 is 33.7. The monoisotopic (exact) mass is 451 g/mol. The lowest BCUT2D eigenvalue weighted by atomic mass is 10.0. The van der Waals surface area contributed by atoms with Crippen molar-refractivity contribution >= 4 is 33.8 Å². The molecule has 0 saturated carbocycles. The zero-order valence-corrected chi connectivity index (χ0v) is 19.1. The summed E-state index contributed by atoms with van der Waals surface area (Å²) in [5.74, 6) is 0.174. The molecule has 2 heterocycles. The molecular weight excluding hydrogens is 426 g/mol. The highest BCUT2D eigenvalue weighted by atomic mass is 32.2. The van der Waals surface area contributed by atoms with E-state index in [0.29, 0.717) is 47.8 Å². The van der Waals surface area contributed by atoms with Gasteiger partial charge in [0.05, 0.1) is 4.90 Å². The van der Waals surface area contributed by atoms with E-state index in [4.69, 9.17) is 4.52 Å². The van der Waals surface area contributed by atoms with Crippen LogP contribution >= 0.6 is 0 Å². The summed E-state index contributed by atoms with van der Waals surface area (Å²) in [5, 5.41) is 6.59. The molecule has 4 rings (SSSR count). The third kappa shape index (κ3) is 4.37. The molecule has 0 aliphatic carbocycles. The number of rotatable bonds is 5. The molecule has 1 aliphatic rings. The molecule has 0 unspecified atom stereocenters. The van der Waals surface area contributed by atoms with Crippen molar-refractivity contribution in [1.82, 2.24) is 9.46 Å². The molecule has 2 aromatic carbocycles. The van der Waals surface area contributed by atoms with E-state index in [1.54, 1.807) is 42.4 Å². The van der Waals surface area contributed by atoms with Gasteiger partial charge in [0.15, 0.2) is 5.76 Å². The van der Waals surface area contributed by atoms with Crippen molar-refractivity contribution < 1.29 is 17.7 Å². The van der Waals surface area contributed by atoms with Crippen molar-refractivity contribution in [3.8, 4) is 0 Å². The van der Waals surface area contributed by atoms with E-state index < -0.39 is 10.0 Å². The maximum atomic E-state index is 13.4. The maximum Gasteiger partial charge on any atom is 0.243 e. The van der Waals surface area contributed by atoms with Crippen molar-refractivity contribution in [3.63, 3.8) is 0 Å². The molecule has 0 bridgehead atoms. The molecule has 0 saturated heterocycles. The number of nitrogens with one attached hydrogen (secondary N) is 1. The number of fused-ring (bicyclic) bond motifs is 1. The number of hydrogen-bond donors (Lipinski definition) is 1. The predicted octanol–water partition coefficient (Wildman–Crippen LogP) is 4.17. The van der Waals surface area contributed by atoms with Crippen LogP contribution in [0.15, 0.2) is 51.9 Å². The second-order valence-corrected chi connectivity index (χ2v) is 9.81. The molecule has 1 aromatic heterocycles. The molecule has 1 N–H and O–H groups in total. The highest BCUT2D eigenvalue weighted by Gasteiger charge is 2.29. The van der Waals surface area contributed by atoms with Crippen molar-refractivity contribution in [1.29, 1.82) is 0 Å². The number of sulfonamides is 1. The fraction of sp³-hybridized carbons (Fsp3) is 0.250. The van der Waals surface area contributed by atoms with Gasteiger partial charge in [0, 0.05) is 20.0 Å². The summed E-state index contributed by atoms with van der Waals surface area (Å²) >= 11 is 0. The molecule has 32 heavy (non-hydrogen) atoms.